The fraction of sp³-hybridized carbons (Fsp3) is 0.310. The molecule has 1 unspecified atom stereocenters. The smallest absolute Gasteiger partial charge is 0.264 e. The van der Waals surface area contributed by atoms with E-state index in [1.165, 1.54) is 43.4 Å². The number of sulfonamides is 1. The first-order valence-corrected chi connectivity index (χ1v) is 15.1. The SMILES string of the molecule is CCNC(=O)C(CC)N(Cc1ccc(Cl)cc1Cl)C(=O)CN(c1ccc(OC)c(OC)c1)S(=O)(=O)c1ccccc1. The highest BCUT2D eigenvalue weighted by molar-refractivity contribution is 7.92. The van der Waals surface area contributed by atoms with Crippen LogP contribution in [-0.2, 0) is 26.2 Å². The van der Waals surface area contributed by atoms with Crippen molar-refractivity contribution >= 4 is 50.7 Å². The normalized spacial score (nSPS) is 11.9. The van der Waals surface area contributed by atoms with Gasteiger partial charge in [0.1, 0.15) is 12.6 Å². The first-order chi connectivity index (χ1) is 19.6. The highest BCUT2D eigenvalue weighted by atomic mass is 35.5. The Morgan fingerprint density at radius 1 is 0.927 bits per heavy atom. The van der Waals surface area contributed by atoms with Gasteiger partial charge in [-0.2, -0.15) is 0 Å². The Balaban J connectivity index is 2.12. The molecule has 41 heavy (non-hydrogen) atoms. The quantitative estimate of drug-likeness (QED) is 0.283. The van der Waals surface area contributed by atoms with Gasteiger partial charge in [0.25, 0.3) is 10.0 Å². The van der Waals surface area contributed by atoms with Crippen molar-refractivity contribution in [2.45, 2.75) is 37.8 Å². The monoisotopic (exact) mass is 621 g/mol. The van der Waals surface area contributed by atoms with Crippen molar-refractivity contribution in [3.63, 3.8) is 0 Å². The average Bonchev–Trinajstić information content (AvgIpc) is 2.96. The fourth-order valence-corrected chi connectivity index (χ4v) is 6.17. The van der Waals surface area contributed by atoms with Gasteiger partial charge in [0, 0.05) is 29.2 Å². The van der Waals surface area contributed by atoms with Crippen molar-refractivity contribution in [3.8, 4) is 11.5 Å². The van der Waals surface area contributed by atoms with Crippen LogP contribution in [0, 0.1) is 0 Å². The lowest BCUT2D eigenvalue weighted by Crippen LogP contribution is -2.52. The number of carbonyl (C=O) groups excluding carboxylic acids is 2. The van der Waals surface area contributed by atoms with Gasteiger partial charge in [-0.25, -0.2) is 8.42 Å². The van der Waals surface area contributed by atoms with Crippen LogP contribution in [-0.4, -0.2) is 58.5 Å². The number of rotatable bonds is 13. The molecule has 0 heterocycles. The van der Waals surface area contributed by atoms with Crippen LogP contribution in [0.3, 0.4) is 0 Å². The molecule has 2 amide bonds. The third kappa shape index (κ3) is 7.63. The van der Waals surface area contributed by atoms with Gasteiger partial charge >= 0.3 is 0 Å². The van der Waals surface area contributed by atoms with E-state index in [4.69, 9.17) is 32.7 Å². The Labute approximate surface area is 251 Å². The summed E-state index contributed by atoms with van der Waals surface area (Å²) in [6.45, 7) is 3.26. The summed E-state index contributed by atoms with van der Waals surface area (Å²) in [5.74, 6) is -0.300. The Bertz CT molecular complexity index is 1470. The Morgan fingerprint density at radius 3 is 2.20 bits per heavy atom. The number of ether oxygens (including phenoxy) is 2. The molecule has 0 radical (unpaired) electrons. The first kappa shape index (κ1) is 32.0. The summed E-state index contributed by atoms with van der Waals surface area (Å²) >= 11 is 12.5. The van der Waals surface area contributed by atoms with Crippen LogP contribution in [0.2, 0.25) is 10.0 Å². The lowest BCUT2D eigenvalue weighted by molar-refractivity contribution is -0.140. The molecular formula is C29H33Cl2N3O6S. The van der Waals surface area contributed by atoms with Crippen LogP contribution >= 0.6 is 23.2 Å². The van der Waals surface area contributed by atoms with Crippen LogP contribution in [0.4, 0.5) is 5.69 Å². The molecule has 3 aromatic carbocycles. The van der Waals surface area contributed by atoms with Crippen LogP contribution in [0.1, 0.15) is 25.8 Å². The molecule has 0 aliphatic rings. The van der Waals surface area contributed by atoms with Crippen molar-refractivity contribution in [1.82, 2.24) is 10.2 Å². The number of likely N-dealkylation sites (N-methyl/N-ethyl adjacent to an activating group) is 1. The van der Waals surface area contributed by atoms with Gasteiger partial charge in [-0.1, -0.05) is 54.4 Å². The van der Waals surface area contributed by atoms with Gasteiger partial charge in [0.05, 0.1) is 24.8 Å². The number of halogens is 2. The minimum absolute atomic E-state index is 0.00866. The second-order valence-corrected chi connectivity index (χ2v) is 11.6. The highest BCUT2D eigenvalue weighted by Gasteiger charge is 2.34. The maximum Gasteiger partial charge on any atom is 0.264 e. The summed E-state index contributed by atoms with van der Waals surface area (Å²) in [6.07, 6.45) is 0.282. The highest BCUT2D eigenvalue weighted by Crippen LogP contribution is 2.34. The molecule has 12 heteroatoms. The summed E-state index contributed by atoms with van der Waals surface area (Å²) in [5, 5.41) is 3.49. The molecule has 0 spiro atoms. The third-order valence-corrected chi connectivity index (χ3v) is 8.73. The molecule has 0 aliphatic heterocycles. The Kier molecular flexibility index (Phi) is 11.3. The molecule has 0 fully saturated rings. The van der Waals surface area contributed by atoms with E-state index < -0.39 is 28.5 Å². The predicted molar refractivity (Wildman–Crippen MR) is 160 cm³/mol. The maximum atomic E-state index is 14.1. The third-order valence-electron chi connectivity index (χ3n) is 6.36. The van der Waals surface area contributed by atoms with E-state index in [1.54, 1.807) is 56.3 Å². The number of amides is 2. The van der Waals surface area contributed by atoms with Gasteiger partial charge in [-0.15, -0.1) is 0 Å². The summed E-state index contributed by atoms with van der Waals surface area (Å²) in [6, 6.07) is 16.3. The van der Waals surface area contributed by atoms with E-state index in [2.05, 4.69) is 5.32 Å². The van der Waals surface area contributed by atoms with E-state index in [-0.39, 0.29) is 35.2 Å². The molecule has 0 bridgehead atoms. The van der Waals surface area contributed by atoms with Crippen molar-refractivity contribution in [3.05, 3.63) is 82.3 Å². The van der Waals surface area contributed by atoms with Crippen molar-refractivity contribution in [2.75, 3.05) is 31.6 Å². The van der Waals surface area contributed by atoms with Gasteiger partial charge in [-0.3, -0.25) is 13.9 Å². The van der Waals surface area contributed by atoms with Gasteiger partial charge < -0.3 is 19.7 Å². The molecule has 0 saturated heterocycles. The topological polar surface area (TPSA) is 105 Å². The zero-order valence-electron chi connectivity index (χ0n) is 23.3. The number of hydrogen-bond acceptors (Lipinski definition) is 6. The van der Waals surface area contributed by atoms with Crippen LogP contribution in [0.25, 0.3) is 0 Å². The second kappa shape index (κ2) is 14.4. The summed E-state index contributed by atoms with van der Waals surface area (Å²) < 4.78 is 39.6. The van der Waals surface area contributed by atoms with Crippen LogP contribution < -0.4 is 19.1 Å². The summed E-state index contributed by atoms with van der Waals surface area (Å²) in [4.78, 5) is 28.5. The van der Waals surface area contributed by atoms with Gasteiger partial charge in [0.2, 0.25) is 11.8 Å². The van der Waals surface area contributed by atoms with Crippen molar-refractivity contribution in [1.29, 1.82) is 0 Å². The Morgan fingerprint density at radius 2 is 1.61 bits per heavy atom. The molecule has 1 N–H and O–H groups in total. The van der Waals surface area contributed by atoms with Crippen LogP contribution in [0.15, 0.2) is 71.6 Å². The molecule has 0 aliphatic carbocycles. The fourth-order valence-electron chi connectivity index (χ4n) is 4.27. The maximum absolute atomic E-state index is 14.1. The number of anilines is 1. The van der Waals surface area contributed by atoms with E-state index in [1.807, 2.05) is 0 Å². The van der Waals surface area contributed by atoms with Crippen LogP contribution in [0.5, 0.6) is 11.5 Å². The summed E-state index contributed by atoms with van der Waals surface area (Å²) in [7, 11) is -1.34. The van der Waals surface area contributed by atoms with E-state index >= 15 is 0 Å². The van der Waals surface area contributed by atoms with Gasteiger partial charge in [-0.05, 0) is 55.3 Å². The number of carbonyl (C=O) groups is 2. The van der Waals surface area contributed by atoms with E-state index in [0.29, 0.717) is 27.9 Å². The molecule has 3 aromatic rings. The minimum Gasteiger partial charge on any atom is -0.493 e. The number of hydrogen-bond donors (Lipinski definition) is 1. The number of benzene rings is 3. The molecule has 3 rings (SSSR count). The lowest BCUT2D eigenvalue weighted by atomic mass is 10.1. The molecule has 9 nitrogen and oxygen atoms in total. The molecule has 220 valence electrons. The van der Waals surface area contributed by atoms with Gasteiger partial charge in [0.15, 0.2) is 11.5 Å². The minimum atomic E-state index is -4.23. The molecule has 0 saturated carbocycles. The summed E-state index contributed by atoms with van der Waals surface area (Å²) in [5.41, 5.74) is 0.728. The average molecular weight is 623 g/mol. The zero-order chi connectivity index (χ0) is 30.2. The van der Waals surface area contributed by atoms with E-state index in [0.717, 1.165) is 4.31 Å². The number of methoxy groups -OCH3 is 2. The zero-order valence-corrected chi connectivity index (χ0v) is 25.6. The Hall–Kier alpha value is -3.47. The second-order valence-electron chi connectivity index (χ2n) is 8.94. The van der Waals surface area contributed by atoms with E-state index in [9.17, 15) is 18.0 Å². The molecule has 1 atom stereocenters. The standard InChI is InChI=1S/C29H33Cl2N3O6S/c1-5-25(29(36)32-6-2)33(18-20-12-13-21(30)16-24(20)31)28(35)19-34(41(37,38)23-10-8-7-9-11-23)22-14-15-26(39-3)27(17-22)40-4/h7-17,25H,5-6,18-19H2,1-4H3,(H,32,36). The van der Waals surface area contributed by atoms with Crippen molar-refractivity contribution in [2.24, 2.45) is 0 Å². The lowest BCUT2D eigenvalue weighted by Gasteiger charge is -2.33. The number of nitrogens with one attached hydrogen (secondary N) is 1. The molecular weight excluding hydrogens is 589 g/mol. The first-order valence-electron chi connectivity index (χ1n) is 12.9. The largest absolute Gasteiger partial charge is 0.493 e. The number of nitrogens with zero attached hydrogens (tertiary/aromatic N) is 2. The molecule has 0 aromatic heterocycles. The van der Waals surface area contributed by atoms with Crippen molar-refractivity contribution < 1.29 is 27.5 Å². The predicted octanol–water partition coefficient (Wildman–Crippen LogP) is 5.15.